The fourth-order valence-corrected chi connectivity index (χ4v) is 2.49. The van der Waals surface area contributed by atoms with Gasteiger partial charge < -0.3 is 15.0 Å². The summed E-state index contributed by atoms with van der Waals surface area (Å²) in [6.07, 6.45) is 2.77. The second-order valence-corrected chi connectivity index (χ2v) is 5.76. The average molecular weight is 310 g/mol. The first-order chi connectivity index (χ1) is 11.2. The van der Waals surface area contributed by atoms with Crippen molar-refractivity contribution in [1.29, 1.82) is 0 Å². The number of fused-ring (bicyclic) bond motifs is 1. The zero-order valence-electron chi connectivity index (χ0n) is 13.6. The number of hydrogen-bond acceptors (Lipinski definition) is 4. The number of imidazole rings is 1. The van der Waals surface area contributed by atoms with Crippen molar-refractivity contribution >= 4 is 11.2 Å². The first-order valence-corrected chi connectivity index (χ1v) is 7.92. The molecule has 0 aliphatic heterocycles. The lowest BCUT2D eigenvalue weighted by Gasteiger charge is -2.13. The van der Waals surface area contributed by atoms with Crippen LogP contribution in [0.1, 0.15) is 24.7 Å². The van der Waals surface area contributed by atoms with Crippen LogP contribution in [0, 0.1) is 6.92 Å². The molecule has 5 heteroatoms. The summed E-state index contributed by atoms with van der Waals surface area (Å²) in [6.45, 7) is 5.19. The Morgan fingerprint density at radius 2 is 2.04 bits per heavy atom. The van der Waals surface area contributed by atoms with Crippen LogP contribution in [-0.4, -0.2) is 20.6 Å². The Morgan fingerprint density at radius 1 is 1.26 bits per heavy atom. The molecule has 3 aromatic rings. The molecule has 0 fully saturated rings. The topological polar surface area (TPSA) is 66.0 Å². The van der Waals surface area contributed by atoms with Gasteiger partial charge in [-0.25, -0.2) is 9.97 Å². The lowest BCUT2D eigenvalue weighted by molar-refractivity contribution is 0.288. The second kappa shape index (κ2) is 6.79. The molecular formula is C18H22N4O. The first kappa shape index (κ1) is 15.5. The maximum absolute atomic E-state index is 6.14. The molecule has 120 valence electrons. The molecule has 2 heterocycles. The molecule has 1 atom stereocenters. The van der Waals surface area contributed by atoms with Crippen LogP contribution >= 0.6 is 0 Å². The zero-order chi connectivity index (χ0) is 16.2. The molecule has 0 aliphatic carbocycles. The summed E-state index contributed by atoms with van der Waals surface area (Å²) in [7, 11) is 0. The van der Waals surface area contributed by atoms with Gasteiger partial charge in [-0.2, -0.15) is 0 Å². The third kappa shape index (κ3) is 3.51. The molecule has 1 unspecified atom stereocenters. The van der Waals surface area contributed by atoms with Crippen LogP contribution in [-0.2, 0) is 13.2 Å². The third-order valence-electron chi connectivity index (χ3n) is 3.85. The lowest BCUT2D eigenvalue weighted by atomic mass is 10.2. The molecular weight excluding hydrogens is 288 g/mol. The summed E-state index contributed by atoms with van der Waals surface area (Å²) in [4.78, 5) is 9.23. The van der Waals surface area contributed by atoms with E-state index in [4.69, 9.17) is 15.5 Å². The summed E-state index contributed by atoms with van der Waals surface area (Å²) >= 11 is 0. The summed E-state index contributed by atoms with van der Waals surface area (Å²) in [5, 5.41) is 0. The van der Waals surface area contributed by atoms with Crippen LogP contribution in [0.25, 0.3) is 11.2 Å². The molecule has 0 radical (unpaired) electrons. The zero-order valence-corrected chi connectivity index (χ0v) is 13.6. The van der Waals surface area contributed by atoms with Crippen molar-refractivity contribution in [2.24, 2.45) is 5.73 Å². The Morgan fingerprint density at radius 3 is 2.78 bits per heavy atom. The highest BCUT2D eigenvalue weighted by Gasteiger charge is 2.14. The molecule has 0 saturated carbocycles. The van der Waals surface area contributed by atoms with Crippen LogP contribution in [0.5, 0.6) is 5.75 Å². The molecule has 0 spiro atoms. The quantitative estimate of drug-likeness (QED) is 0.760. The molecule has 5 nitrogen and oxygen atoms in total. The van der Waals surface area contributed by atoms with Gasteiger partial charge >= 0.3 is 0 Å². The van der Waals surface area contributed by atoms with Crippen molar-refractivity contribution in [2.75, 3.05) is 0 Å². The van der Waals surface area contributed by atoms with E-state index in [1.165, 1.54) is 0 Å². The highest BCUT2D eigenvalue weighted by Crippen LogP contribution is 2.18. The SMILES string of the molecule is CCC(N)Cn1c(COc2ccccc2)nc2cc(C)cnc21. The summed E-state index contributed by atoms with van der Waals surface area (Å²) in [6, 6.07) is 11.9. The standard InChI is InChI=1S/C18H22N4O/c1-3-14(19)11-22-17(12-23-15-7-5-4-6-8-15)21-16-9-13(2)10-20-18(16)22/h4-10,14H,3,11-12,19H2,1-2H3. The normalized spacial score (nSPS) is 12.5. The molecule has 3 rings (SSSR count). The number of aryl methyl sites for hydroxylation is 1. The monoisotopic (exact) mass is 310 g/mol. The smallest absolute Gasteiger partial charge is 0.160 e. The van der Waals surface area contributed by atoms with Crippen LogP contribution in [0.15, 0.2) is 42.6 Å². The fraction of sp³-hybridized carbons (Fsp3) is 0.333. The third-order valence-corrected chi connectivity index (χ3v) is 3.85. The van der Waals surface area contributed by atoms with Gasteiger partial charge in [0.2, 0.25) is 0 Å². The number of benzene rings is 1. The largest absolute Gasteiger partial charge is 0.486 e. The highest BCUT2D eigenvalue weighted by atomic mass is 16.5. The van der Waals surface area contributed by atoms with E-state index in [1.54, 1.807) is 0 Å². The average Bonchev–Trinajstić information content (AvgIpc) is 2.90. The van der Waals surface area contributed by atoms with Crippen molar-refractivity contribution < 1.29 is 4.74 Å². The van der Waals surface area contributed by atoms with E-state index in [0.717, 1.165) is 34.7 Å². The van der Waals surface area contributed by atoms with Gasteiger partial charge in [-0.3, -0.25) is 0 Å². The number of aromatic nitrogens is 3. The minimum atomic E-state index is 0.0750. The number of para-hydroxylation sites is 1. The molecule has 0 bridgehead atoms. The minimum absolute atomic E-state index is 0.0750. The first-order valence-electron chi connectivity index (χ1n) is 7.92. The molecule has 0 aliphatic rings. The van der Waals surface area contributed by atoms with E-state index in [1.807, 2.05) is 49.5 Å². The Bertz CT molecular complexity index is 782. The molecule has 2 N–H and O–H groups in total. The van der Waals surface area contributed by atoms with Gasteiger partial charge in [0, 0.05) is 18.8 Å². The van der Waals surface area contributed by atoms with Gasteiger partial charge in [-0.1, -0.05) is 25.1 Å². The minimum Gasteiger partial charge on any atom is -0.486 e. The summed E-state index contributed by atoms with van der Waals surface area (Å²) in [5.74, 6) is 1.68. The van der Waals surface area contributed by atoms with Crippen molar-refractivity contribution in [3.8, 4) is 5.75 Å². The predicted molar refractivity (Wildman–Crippen MR) is 91.3 cm³/mol. The van der Waals surface area contributed by atoms with Gasteiger partial charge in [0.25, 0.3) is 0 Å². The molecule has 23 heavy (non-hydrogen) atoms. The van der Waals surface area contributed by atoms with Crippen molar-refractivity contribution in [3.63, 3.8) is 0 Å². The Kier molecular flexibility index (Phi) is 4.57. The van der Waals surface area contributed by atoms with Gasteiger partial charge in [-0.15, -0.1) is 0 Å². The molecule has 0 amide bonds. The van der Waals surface area contributed by atoms with Crippen LogP contribution in [0.4, 0.5) is 0 Å². The summed E-state index contributed by atoms with van der Waals surface area (Å²) in [5.41, 5.74) is 8.99. The van der Waals surface area contributed by atoms with Crippen molar-refractivity contribution in [1.82, 2.24) is 14.5 Å². The van der Waals surface area contributed by atoms with E-state index >= 15 is 0 Å². The summed E-state index contributed by atoms with van der Waals surface area (Å²) < 4.78 is 7.93. The Balaban J connectivity index is 1.92. The van der Waals surface area contributed by atoms with Crippen molar-refractivity contribution in [2.45, 2.75) is 39.5 Å². The van der Waals surface area contributed by atoms with Gasteiger partial charge in [0.05, 0.1) is 0 Å². The van der Waals surface area contributed by atoms with E-state index in [0.29, 0.717) is 13.2 Å². The van der Waals surface area contributed by atoms with Gasteiger partial charge in [0.1, 0.15) is 23.7 Å². The van der Waals surface area contributed by atoms with E-state index in [9.17, 15) is 0 Å². The number of hydrogen-bond donors (Lipinski definition) is 1. The fourth-order valence-electron chi connectivity index (χ4n) is 2.49. The number of rotatable bonds is 6. The maximum atomic E-state index is 6.14. The molecule has 1 aromatic carbocycles. The molecule has 0 saturated heterocycles. The number of nitrogens with zero attached hydrogens (tertiary/aromatic N) is 3. The van der Waals surface area contributed by atoms with Crippen molar-refractivity contribution in [3.05, 3.63) is 54.0 Å². The van der Waals surface area contributed by atoms with E-state index < -0.39 is 0 Å². The van der Waals surface area contributed by atoms with Gasteiger partial charge in [0.15, 0.2) is 5.65 Å². The highest BCUT2D eigenvalue weighted by molar-refractivity contribution is 5.72. The van der Waals surface area contributed by atoms with E-state index in [2.05, 4.69) is 16.5 Å². The second-order valence-electron chi connectivity index (χ2n) is 5.76. The Labute approximate surface area is 136 Å². The van der Waals surface area contributed by atoms with Crippen LogP contribution < -0.4 is 10.5 Å². The lowest BCUT2D eigenvalue weighted by Crippen LogP contribution is -2.26. The van der Waals surface area contributed by atoms with Gasteiger partial charge in [-0.05, 0) is 37.1 Å². The number of pyridine rings is 1. The van der Waals surface area contributed by atoms with Crippen LogP contribution in [0.2, 0.25) is 0 Å². The number of nitrogens with two attached hydrogens (primary N) is 1. The van der Waals surface area contributed by atoms with E-state index in [-0.39, 0.29) is 6.04 Å². The molecule has 2 aromatic heterocycles. The van der Waals surface area contributed by atoms with Crippen LogP contribution in [0.3, 0.4) is 0 Å². The number of ether oxygens (including phenoxy) is 1. The predicted octanol–water partition coefficient (Wildman–Crippen LogP) is 3.06. The Hall–Kier alpha value is -2.40. The maximum Gasteiger partial charge on any atom is 0.160 e.